The van der Waals surface area contributed by atoms with Crippen molar-refractivity contribution in [1.29, 1.82) is 0 Å². The first-order valence-electron chi connectivity index (χ1n) is 21.6. The highest BCUT2D eigenvalue weighted by Gasteiger charge is 2.66. The second kappa shape index (κ2) is 16.3. The van der Waals surface area contributed by atoms with Gasteiger partial charge in [0.1, 0.15) is 5.75 Å². The van der Waals surface area contributed by atoms with Crippen molar-refractivity contribution in [3.8, 4) is 5.75 Å². The first-order chi connectivity index (χ1) is 29.5. The molecule has 1 unspecified atom stereocenters. The monoisotopic (exact) mass is 838 g/mol. The second-order valence-electron chi connectivity index (χ2n) is 17.6. The fourth-order valence-corrected chi connectivity index (χ4v) is 14.7. The smallest absolute Gasteiger partial charge is 0.264 e. The third-order valence-corrected chi connectivity index (χ3v) is 18.2. The molecule has 13 heteroatoms. The number of aromatic nitrogens is 3. The van der Waals surface area contributed by atoms with E-state index >= 15 is 4.79 Å². The number of methoxy groups -OCH3 is 1. The molecular weight excluding hydrogens is 785 g/mol. The molecule has 3 amide bonds. The van der Waals surface area contributed by atoms with Gasteiger partial charge in [0.05, 0.1) is 51.7 Å². The Hall–Kier alpha value is -5.63. The Morgan fingerprint density at radius 2 is 1.56 bits per heavy atom. The van der Waals surface area contributed by atoms with E-state index in [1.165, 1.54) is 5.19 Å². The van der Waals surface area contributed by atoms with Crippen molar-refractivity contribution in [3.05, 3.63) is 126 Å². The summed E-state index contributed by atoms with van der Waals surface area (Å²) in [5.41, 5.74) is 4.50. The van der Waals surface area contributed by atoms with Gasteiger partial charge in [-0.15, -0.1) is 5.10 Å². The van der Waals surface area contributed by atoms with Crippen molar-refractivity contribution in [3.63, 3.8) is 0 Å². The van der Waals surface area contributed by atoms with Gasteiger partial charge in [-0.2, -0.15) is 0 Å². The lowest BCUT2D eigenvalue weighted by Gasteiger charge is -2.37. The van der Waals surface area contributed by atoms with E-state index < -0.39 is 13.7 Å². The predicted octanol–water partition coefficient (Wildman–Crippen LogP) is 6.52. The van der Waals surface area contributed by atoms with Gasteiger partial charge < -0.3 is 29.3 Å². The number of amides is 3. The van der Waals surface area contributed by atoms with Crippen LogP contribution in [0.15, 0.2) is 103 Å². The van der Waals surface area contributed by atoms with Crippen molar-refractivity contribution in [2.75, 3.05) is 41.5 Å². The van der Waals surface area contributed by atoms with Gasteiger partial charge in [0.15, 0.2) is 5.60 Å². The number of aryl methyl sites for hydroxylation is 1. The summed E-state index contributed by atoms with van der Waals surface area (Å²) in [5, 5.41) is 20.6. The number of anilines is 3. The number of ether oxygens (including phenoxy) is 2. The standard InChI is InChI=1S/C48H54N6O6Si/c1-32-46(61(3,4)38-21-19-37(59-2)20-22-38)43(24-27-51-30-41(49-50-51)39(31-55)34-10-6-5-7-11-34)60-48(32)40-28-36(53-26-9-13-45(53)57)18-23-42(40)54(47(48)58)29-33-14-16-35(17-15-33)52-25-8-12-44(52)56/h5-7,10-11,14-23,28,30,32,39,43,46,55H,8-9,12-13,24-27,29,31H2,1-4H3/t32-,39?,43+,46-,48+/m1/s1. The molecule has 0 bridgehead atoms. The van der Waals surface area contributed by atoms with Crippen molar-refractivity contribution < 1.29 is 29.0 Å². The van der Waals surface area contributed by atoms with Crippen LogP contribution < -0.4 is 24.6 Å². The van der Waals surface area contributed by atoms with Gasteiger partial charge in [0.25, 0.3) is 5.91 Å². The van der Waals surface area contributed by atoms with Crippen LogP contribution in [-0.4, -0.2) is 78.8 Å². The molecule has 9 rings (SSSR count). The van der Waals surface area contributed by atoms with Gasteiger partial charge in [-0.25, -0.2) is 0 Å². The van der Waals surface area contributed by atoms with E-state index in [4.69, 9.17) is 9.47 Å². The van der Waals surface area contributed by atoms with Crippen molar-refractivity contribution in [1.82, 2.24) is 15.0 Å². The molecule has 0 saturated carbocycles. The number of hydrogen-bond donors (Lipinski definition) is 1. The van der Waals surface area contributed by atoms with E-state index in [1.54, 1.807) is 7.11 Å². The van der Waals surface area contributed by atoms with E-state index in [1.807, 2.05) is 111 Å². The summed E-state index contributed by atoms with van der Waals surface area (Å²) in [5.74, 6) is 0.351. The molecule has 5 atom stereocenters. The Labute approximate surface area is 358 Å². The van der Waals surface area contributed by atoms with Gasteiger partial charge in [-0.3, -0.25) is 19.1 Å². The summed E-state index contributed by atoms with van der Waals surface area (Å²) in [6, 6.07) is 32.1. The molecule has 1 N–H and O–H groups in total. The van der Waals surface area contributed by atoms with Crippen LogP contribution in [0.4, 0.5) is 17.1 Å². The van der Waals surface area contributed by atoms with E-state index in [9.17, 15) is 14.7 Å². The Kier molecular flexibility index (Phi) is 10.9. The Morgan fingerprint density at radius 1 is 0.885 bits per heavy atom. The van der Waals surface area contributed by atoms with Crippen LogP contribution in [0.5, 0.6) is 5.75 Å². The topological polar surface area (TPSA) is 130 Å². The summed E-state index contributed by atoms with van der Waals surface area (Å²) in [4.78, 5) is 46.8. The van der Waals surface area contributed by atoms with Crippen LogP contribution in [0.25, 0.3) is 0 Å². The average molecular weight is 839 g/mol. The molecule has 61 heavy (non-hydrogen) atoms. The number of aliphatic hydroxyl groups is 1. The maximum Gasteiger partial charge on any atom is 0.264 e. The number of fused-ring (bicyclic) bond motifs is 2. The molecule has 4 aromatic carbocycles. The molecule has 5 aromatic rings. The lowest BCUT2D eigenvalue weighted by Crippen LogP contribution is -2.51. The van der Waals surface area contributed by atoms with Crippen molar-refractivity contribution >= 4 is 48.0 Å². The number of benzene rings is 4. The second-order valence-corrected chi connectivity index (χ2v) is 22.2. The van der Waals surface area contributed by atoms with Crippen molar-refractivity contribution in [2.45, 2.75) is 88.4 Å². The number of aliphatic hydroxyl groups excluding tert-OH is 1. The minimum atomic E-state index is -2.45. The summed E-state index contributed by atoms with van der Waals surface area (Å²) in [6.07, 6.45) is 4.85. The quantitative estimate of drug-likeness (QED) is 0.133. The van der Waals surface area contributed by atoms with Crippen LogP contribution in [0.1, 0.15) is 67.3 Å². The molecule has 0 aliphatic carbocycles. The number of carbonyl (C=O) groups is 3. The van der Waals surface area contributed by atoms with Gasteiger partial charge in [-0.1, -0.05) is 85.0 Å². The fraction of sp³-hybridized carbons (Fsp3) is 0.396. The maximum absolute atomic E-state index is 15.6. The summed E-state index contributed by atoms with van der Waals surface area (Å²) in [6.45, 7) is 8.99. The van der Waals surface area contributed by atoms with Gasteiger partial charge >= 0.3 is 0 Å². The van der Waals surface area contributed by atoms with Crippen LogP contribution >= 0.6 is 0 Å². The summed E-state index contributed by atoms with van der Waals surface area (Å²) < 4.78 is 14.8. The first kappa shape index (κ1) is 40.8. The zero-order valence-corrected chi connectivity index (χ0v) is 36.4. The Bertz CT molecular complexity index is 2420. The number of nitrogens with zero attached hydrogens (tertiary/aromatic N) is 6. The lowest BCUT2D eigenvalue weighted by atomic mass is 9.82. The van der Waals surface area contributed by atoms with E-state index in [-0.39, 0.29) is 47.8 Å². The minimum absolute atomic E-state index is 0.00972. The van der Waals surface area contributed by atoms with Gasteiger partial charge in [-0.05, 0) is 78.4 Å². The summed E-state index contributed by atoms with van der Waals surface area (Å²) in [7, 11) is -0.780. The number of carbonyl (C=O) groups excluding carboxylic acids is 3. The van der Waals surface area contributed by atoms with Crippen LogP contribution in [0.2, 0.25) is 18.6 Å². The number of hydrogen-bond acceptors (Lipinski definition) is 8. The maximum atomic E-state index is 15.6. The Balaban J connectivity index is 1.09. The molecule has 0 radical (unpaired) electrons. The molecular formula is C48H54N6O6Si. The zero-order chi connectivity index (χ0) is 42.5. The minimum Gasteiger partial charge on any atom is -0.497 e. The SMILES string of the molecule is COc1ccc([Si](C)(C)[C@H]2[C@H](CCn3cc(C(CO)c4ccccc4)nn3)O[C@@]3(C(=O)N(Cc4ccc(N5CCCC5=O)cc4)c4ccc(N5CCCC5=O)cc43)[C@@H]2C)cc1. The predicted molar refractivity (Wildman–Crippen MR) is 237 cm³/mol. The molecule has 12 nitrogen and oxygen atoms in total. The molecule has 1 aromatic heterocycles. The molecule has 4 aliphatic rings. The third kappa shape index (κ3) is 7.15. The highest BCUT2D eigenvalue weighted by atomic mass is 28.3. The lowest BCUT2D eigenvalue weighted by molar-refractivity contribution is -0.146. The molecule has 3 fully saturated rings. The molecule has 4 aliphatic heterocycles. The van der Waals surface area contributed by atoms with Crippen LogP contribution in [0.3, 0.4) is 0 Å². The normalized spacial score (nSPS) is 23.1. The molecule has 3 saturated heterocycles. The van der Waals surface area contributed by atoms with E-state index in [0.717, 1.165) is 52.3 Å². The van der Waals surface area contributed by atoms with Gasteiger partial charge in [0.2, 0.25) is 11.8 Å². The van der Waals surface area contributed by atoms with Gasteiger partial charge in [0, 0.05) is 61.5 Å². The van der Waals surface area contributed by atoms with E-state index in [2.05, 4.69) is 42.5 Å². The van der Waals surface area contributed by atoms with E-state index in [0.29, 0.717) is 51.1 Å². The van der Waals surface area contributed by atoms with Crippen molar-refractivity contribution in [2.24, 2.45) is 5.92 Å². The average Bonchev–Trinajstić information content (AvgIpc) is 4.12. The molecule has 1 spiro atoms. The highest BCUT2D eigenvalue weighted by molar-refractivity contribution is 6.91. The highest BCUT2D eigenvalue weighted by Crippen LogP contribution is 2.60. The zero-order valence-electron chi connectivity index (χ0n) is 35.4. The largest absolute Gasteiger partial charge is 0.497 e. The fourth-order valence-electron chi connectivity index (χ4n) is 10.6. The Morgan fingerprint density at radius 3 is 2.20 bits per heavy atom. The van der Waals surface area contributed by atoms with Crippen LogP contribution in [0, 0.1) is 5.92 Å². The molecule has 5 heterocycles. The van der Waals surface area contributed by atoms with Crippen LogP contribution in [-0.2, 0) is 37.8 Å². The first-order valence-corrected chi connectivity index (χ1v) is 24.7. The third-order valence-electron chi connectivity index (χ3n) is 13.8. The summed E-state index contributed by atoms with van der Waals surface area (Å²) >= 11 is 0. The number of rotatable bonds is 13. The molecule has 316 valence electrons.